The van der Waals surface area contributed by atoms with Crippen molar-refractivity contribution in [2.45, 2.75) is 0 Å². The first-order chi connectivity index (χ1) is 24.3. The monoisotopic (exact) mass is 620 g/mol. The highest BCUT2D eigenvalue weighted by Gasteiger charge is 2.22. The average Bonchev–Trinajstić information content (AvgIpc) is 3.56. The quantitative estimate of drug-likeness (QED) is 0.141. The number of benzene rings is 10. The fourth-order valence-corrected chi connectivity index (χ4v) is 8.58. The molecule has 0 saturated carbocycles. The molecule has 0 N–H and O–H groups in total. The number of furan rings is 1. The zero-order chi connectivity index (χ0) is 32.1. The second kappa shape index (κ2) is 10.0. The van der Waals surface area contributed by atoms with E-state index in [-0.39, 0.29) is 0 Å². The normalized spacial score (nSPS) is 12.1. The van der Waals surface area contributed by atoms with Crippen molar-refractivity contribution in [3.8, 4) is 33.4 Å². The molecule has 226 valence electrons. The zero-order valence-corrected chi connectivity index (χ0v) is 26.6. The van der Waals surface area contributed by atoms with Crippen LogP contribution in [0.25, 0.3) is 109 Å². The minimum Gasteiger partial charge on any atom is -0.456 e. The van der Waals surface area contributed by atoms with Crippen molar-refractivity contribution < 1.29 is 4.42 Å². The lowest BCUT2D eigenvalue weighted by molar-refractivity contribution is 0.669. The molecule has 0 bridgehead atoms. The van der Waals surface area contributed by atoms with Gasteiger partial charge in [0.1, 0.15) is 11.2 Å². The number of rotatable bonds is 3. The van der Waals surface area contributed by atoms with E-state index in [4.69, 9.17) is 4.42 Å². The topological polar surface area (TPSA) is 13.1 Å². The maximum absolute atomic E-state index is 6.37. The molecule has 0 atom stereocenters. The predicted octanol–water partition coefficient (Wildman–Crippen LogP) is 13.8. The van der Waals surface area contributed by atoms with Crippen molar-refractivity contribution in [1.29, 1.82) is 0 Å². The molecule has 1 heterocycles. The lowest BCUT2D eigenvalue weighted by Gasteiger charge is -2.21. The number of hydrogen-bond donors (Lipinski definition) is 0. The molecular formula is C48H28O. The first-order valence-electron chi connectivity index (χ1n) is 16.9. The van der Waals surface area contributed by atoms with E-state index in [1.54, 1.807) is 0 Å². The number of hydrogen-bond acceptors (Lipinski definition) is 1. The Hall–Kier alpha value is -6.44. The highest BCUT2D eigenvalue weighted by atomic mass is 16.3. The van der Waals surface area contributed by atoms with Crippen LogP contribution in [0.5, 0.6) is 0 Å². The zero-order valence-electron chi connectivity index (χ0n) is 26.6. The molecule has 0 saturated heterocycles. The molecule has 0 fully saturated rings. The average molecular weight is 621 g/mol. The summed E-state index contributed by atoms with van der Waals surface area (Å²) >= 11 is 0. The molecule has 0 amide bonds. The highest BCUT2D eigenvalue weighted by Crippen LogP contribution is 2.49. The van der Waals surface area contributed by atoms with Gasteiger partial charge in [0.2, 0.25) is 0 Å². The van der Waals surface area contributed by atoms with Gasteiger partial charge in [-0.15, -0.1) is 0 Å². The Morgan fingerprint density at radius 2 is 0.776 bits per heavy atom. The van der Waals surface area contributed by atoms with Crippen molar-refractivity contribution in [1.82, 2.24) is 0 Å². The first kappa shape index (κ1) is 26.6. The molecular weight excluding hydrogens is 593 g/mol. The Morgan fingerprint density at radius 1 is 0.245 bits per heavy atom. The van der Waals surface area contributed by atoms with Gasteiger partial charge in [-0.25, -0.2) is 0 Å². The third kappa shape index (κ3) is 3.70. The molecule has 11 rings (SSSR count). The highest BCUT2D eigenvalue weighted by molar-refractivity contribution is 6.29. The second-order valence-electron chi connectivity index (χ2n) is 13.1. The summed E-state index contributed by atoms with van der Waals surface area (Å²) in [6, 6.07) is 62.2. The summed E-state index contributed by atoms with van der Waals surface area (Å²) < 4.78 is 6.37. The SMILES string of the molecule is c1ccc(-c2cccc3c2ccc2ccccc23)c(-c2c3ccccc3c(-c3ccc4oc5cccc6ccc3c4c65)c3ccccc23)c1. The van der Waals surface area contributed by atoms with Gasteiger partial charge in [0.05, 0.1) is 0 Å². The third-order valence-corrected chi connectivity index (χ3v) is 10.6. The van der Waals surface area contributed by atoms with E-state index in [1.807, 2.05) is 0 Å². The Labute approximate surface area is 282 Å². The summed E-state index contributed by atoms with van der Waals surface area (Å²) in [6.07, 6.45) is 0. The van der Waals surface area contributed by atoms with Crippen molar-refractivity contribution in [2.24, 2.45) is 0 Å². The summed E-state index contributed by atoms with van der Waals surface area (Å²) in [4.78, 5) is 0. The van der Waals surface area contributed by atoms with Crippen LogP contribution < -0.4 is 0 Å². The molecule has 0 aliphatic rings. The Balaban J connectivity index is 1.24. The Morgan fingerprint density at radius 3 is 1.55 bits per heavy atom. The van der Waals surface area contributed by atoms with Crippen LogP contribution in [0.1, 0.15) is 0 Å². The largest absolute Gasteiger partial charge is 0.456 e. The fourth-order valence-electron chi connectivity index (χ4n) is 8.58. The van der Waals surface area contributed by atoms with E-state index in [2.05, 4.69) is 170 Å². The Bertz CT molecular complexity index is 3050. The summed E-state index contributed by atoms with van der Waals surface area (Å²) in [5, 5.41) is 14.9. The molecule has 0 aliphatic heterocycles. The minimum absolute atomic E-state index is 0.938. The first-order valence-corrected chi connectivity index (χ1v) is 16.9. The molecule has 0 radical (unpaired) electrons. The summed E-state index contributed by atoms with van der Waals surface area (Å²) in [5.74, 6) is 0. The van der Waals surface area contributed by atoms with Gasteiger partial charge < -0.3 is 4.42 Å². The molecule has 1 heteroatoms. The van der Waals surface area contributed by atoms with E-state index in [9.17, 15) is 0 Å². The van der Waals surface area contributed by atoms with Crippen LogP contribution in [-0.2, 0) is 0 Å². The van der Waals surface area contributed by atoms with E-state index < -0.39 is 0 Å². The fraction of sp³-hybridized carbons (Fsp3) is 0. The van der Waals surface area contributed by atoms with Crippen LogP contribution in [0.3, 0.4) is 0 Å². The van der Waals surface area contributed by atoms with Crippen molar-refractivity contribution in [2.75, 3.05) is 0 Å². The van der Waals surface area contributed by atoms with Gasteiger partial charge in [-0.05, 0) is 105 Å². The lowest BCUT2D eigenvalue weighted by atomic mass is 9.82. The molecule has 0 aliphatic carbocycles. The smallest absolute Gasteiger partial charge is 0.136 e. The van der Waals surface area contributed by atoms with E-state index in [0.29, 0.717) is 0 Å². The van der Waals surface area contributed by atoms with Crippen LogP contribution >= 0.6 is 0 Å². The summed E-state index contributed by atoms with van der Waals surface area (Å²) in [5.41, 5.74) is 9.37. The minimum atomic E-state index is 0.938. The third-order valence-electron chi connectivity index (χ3n) is 10.6. The van der Waals surface area contributed by atoms with Crippen LogP contribution in [0.4, 0.5) is 0 Å². The maximum Gasteiger partial charge on any atom is 0.136 e. The molecule has 0 spiro atoms. The van der Waals surface area contributed by atoms with Gasteiger partial charge in [-0.3, -0.25) is 0 Å². The van der Waals surface area contributed by atoms with Crippen LogP contribution in [0.2, 0.25) is 0 Å². The molecule has 10 aromatic carbocycles. The van der Waals surface area contributed by atoms with Crippen LogP contribution in [-0.4, -0.2) is 0 Å². The van der Waals surface area contributed by atoms with Gasteiger partial charge in [-0.2, -0.15) is 0 Å². The van der Waals surface area contributed by atoms with Crippen molar-refractivity contribution >= 4 is 75.8 Å². The molecule has 1 aromatic heterocycles. The van der Waals surface area contributed by atoms with E-state index in [1.165, 1.54) is 98.0 Å². The van der Waals surface area contributed by atoms with Gasteiger partial charge in [0.25, 0.3) is 0 Å². The van der Waals surface area contributed by atoms with Crippen LogP contribution in [0.15, 0.2) is 174 Å². The Kier molecular flexibility index (Phi) is 5.45. The van der Waals surface area contributed by atoms with Gasteiger partial charge in [0, 0.05) is 10.8 Å². The standard InChI is InChI=1S/C48H28O/c1-2-13-31-29(11-1)23-25-35-32(31)20-10-21-33(35)34-14-3-4-15-36(34)46-37-16-5-7-18-39(37)47(40-19-8-6-17-38(40)46)41-27-28-44-48-42(41)26-24-30-12-9-22-43(49-44)45(30)48/h1-28H. The van der Waals surface area contributed by atoms with Crippen molar-refractivity contribution in [3.05, 3.63) is 170 Å². The van der Waals surface area contributed by atoms with Gasteiger partial charge in [-0.1, -0.05) is 152 Å². The maximum atomic E-state index is 6.37. The molecule has 0 unspecified atom stereocenters. The van der Waals surface area contributed by atoms with E-state index >= 15 is 0 Å². The summed E-state index contributed by atoms with van der Waals surface area (Å²) in [7, 11) is 0. The van der Waals surface area contributed by atoms with Crippen molar-refractivity contribution in [3.63, 3.8) is 0 Å². The molecule has 1 nitrogen and oxygen atoms in total. The molecule has 49 heavy (non-hydrogen) atoms. The lowest BCUT2D eigenvalue weighted by Crippen LogP contribution is -1.93. The predicted molar refractivity (Wildman–Crippen MR) is 209 cm³/mol. The van der Waals surface area contributed by atoms with E-state index in [0.717, 1.165) is 11.2 Å². The van der Waals surface area contributed by atoms with Crippen LogP contribution in [0, 0.1) is 0 Å². The second-order valence-corrected chi connectivity index (χ2v) is 13.1. The number of fused-ring (bicyclic) bond motifs is 5. The summed E-state index contributed by atoms with van der Waals surface area (Å²) in [6.45, 7) is 0. The molecule has 11 aromatic rings. The van der Waals surface area contributed by atoms with Gasteiger partial charge in [0.15, 0.2) is 0 Å². The van der Waals surface area contributed by atoms with Gasteiger partial charge >= 0.3 is 0 Å².